The number of hydrogen-bond donors (Lipinski definition) is 2. The second-order valence-corrected chi connectivity index (χ2v) is 17.1. The van der Waals surface area contributed by atoms with Gasteiger partial charge in [-0.3, -0.25) is 9.52 Å². The summed E-state index contributed by atoms with van der Waals surface area (Å²) in [7, 11) is -4.30. The molecule has 1 atom stereocenters. The third kappa shape index (κ3) is 8.35. The first-order chi connectivity index (χ1) is 24.3. The molecule has 1 aliphatic heterocycles. The third-order valence-corrected chi connectivity index (χ3v) is 11.8. The van der Waals surface area contributed by atoms with E-state index < -0.39 is 34.2 Å². The summed E-state index contributed by atoms with van der Waals surface area (Å²) < 4.78 is 69.2. The van der Waals surface area contributed by atoms with Crippen LogP contribution in [-0.2, 0) is 30.7 Å². The Morgan fingerprint density at radius 3 is 2.31 bits per heavy atom. The molecule has 0 radical (unpaired) electrons. The number of benzene rings is 3. The molecule has 12 heteroatoms. The highest BCUT2D eigenvalue weighted by molar-refractivity contribution is 7.92. The molecule has 0 bridgehead atoms. The average Bonchev–Trinajstić information content (AvgIpc) is 4.01. The lowest BCUT2D eigenvalue weighted by Gasteiger charge is -2.32. The van der Waals surface area contributed by atoms with Crippen LogP contribution in [0.1, 0.15) is 87.2 Å². The summed E-state index contributed by atoms with van der Waals surface area (Å²) in [5.74, 6) is -0.451. The van der Waals surface area contributed by atoms with E-state index in [4.69, 9.17) is 18.5 Å². The SMILES string of the molecule is CC1(C)OB(CC(CCS(=O)(=O)Nc2cc3oc(-c4ccc(F)cc4)c(C(=O)NC4CC4)c3cc2C2CC2)COCc2ccccc2)OC1(C)C. The van der Waals surface area contributed by atoms with Gasteiger partial charge < -0.3 is 23.8 Å². The molecule has 4 aromatic rings. The molecule has 0 spiro atoms. The minimum Gasteiger partial charge on any atom is -0.455 e. The number of hydrogen-bond acceptors (Lipinski definition) is 7. The first-order valence-corrected chi connectivity index (χ1v) is 19.6. The summed E-state index contributed by atoms with van der Waals surface area (Å²) in [5, 5.41) is 3.67. The van der Waals surface area contributed by atoms with E-state index >= 15 is 0 Å². The van der Waals surface area contributed by atoms with Crippen molar-refractivity contribution in [1.82, 2.24) is 5.32 Å². The molecule has 2 aliphatic carbocycles. The Kier molecular flexibility index (Phi) is 9.81. The molecule has 1 aromatic heterocycles. The highest BCUT2D eigenvalue weighted by Crippen LogP contribution is 2.47. The van der Waals surface area contributed by atoms with Crippen LogP contribution in [0.25, 0.3) is 22.3 Å². The second-order valence-electron chi connectivity index (χ2n) is 15.3. The fraction of sp³-hybridized carbons (Fsp3) is 0.462. The Morgan fingerprint density at radius 1 is 0.980 bits per heavy atom. The van der Waals surface area contributed by atoms with Crippen molar-refractivity contribution >= 4 is 39.7 Å². The van der Waals surface area contributed by atoms with Crippen LogP contribution in [0, 0.1) is 11.7 Å². The number of carbonyl (C=O) groups excluding carboxylic acids is 1. The maximum Gasteiger partial charge on any atom is 0.458 e. The first kappa shape index (κ1) is 35.7. The van der Waals surface area contributed by atoms with E-state index in [1.54, 1.807) is 18.2 Å². The van der Waals surface area contributed by atoms with Gasteiger partial charge in [0.1, 0.15) is 17.2 Å². The highest BCUT2D eigenvalue weighted by atomic mass is 32.2. The fourth-order valence-corrected chi connectivity index (χ4v) is 7.81. The van der Waals surface area contributed by atoms with Crippen LogP contribution in [0.3, 0.4) is 0 Å². The minimum absolute atomic E-state index is 0.120. The summed E-state index contributed by atoms with van der Waals surface area (Å²) in [6.07, 6.45) is 4.49. The molecule has 3 aliphatic rings. The number of sulfonamides is 1. The predicted octanol–water partition coefficient (Wildman–Crippen LogP) is 8.07. The number of rotatable bonds is 15. The molecule has 51 heavy (non-hydrogen) atoms. The lowest BCUT2D eigenvalue weighted by Crippen LogP contribution is -2.41. The van der Waals surface area contributed by atoms with E-state index in [2.05, 4.69) is 10.0 Å². The smallest absolute Gasteiger partial charge is 0.455 e. The number of anilines is 1. The maximum atomic E-state index is 13.8. The number of furan rings is 1. The normalized spacial score (nSPS) is 19.0. The molecule has 1 amide bonds. The molecular formula is C39H46BFN2O7S. The van der Waals surface area contributed by atoms with Crippen molar-refractivity contribution in [2.45, 2.75) is 95.9 Å². The van der Waals surface area contributed by atoms with Crippen LogP contribution in [-0.4, -0.2) is 51.0 Å². The van der Waals surface area contributed by atoms with Crippen LogP contribution < -0.4 is 10.0 Å². The maximum absolute atomic E-state index is 13.8. The van der Waals surface area contributed by atoms with Gasteiger partial charge in [0.25, 0.3) is 5.91 Å². The van der Waals surface area contributed by atoms with Crippen molar-refractivity contribution in [3.05, 3.63) is 89.2 Å². The fourth-order valence-electron chi connectivity index (χ4n) is 6.56. The van der Waals surface area contributed by atoms with E-state index in [1.807, 2.05) is 64.1 Å². The Morgan fingerprint density at radius 2 is 1.67 bits per heavy atom. The minimum atomic E-state index is -3.82. The number of halogens is 1. The molecule has 2 heterocycles. The van der Waals surface area contributed by atoms with Crippen LogP contribution in [0.15, 0.2) is 71.1 Å². The number of amides is 1. The van der Waals surface area contributed by atoms with Crippen molar-refractivity contribution < 1.29 is 36.1 Å². The molecule has 2 saturated carbocycles. The highest BCUT2D eigenvalue weighted by Gasteiger charge is 2.51. The molecule has 3 fully saturated rings. The van der Waals surface area contributed by atoms with Gasteiger partial charge in [0.2, 0.25) is 10.0 Å². The lowest BCUT2D eigenvalue weighted by molar-refractivity contribution is 0.00578. The van der Waals surface area contributed by atoms with Gasteiger partial charge in [0.05, 0.1) is 34.8 Å². The summed E-state index contributed by atoms with van der Waals surface area (Å²) in [6, 6.07) is 19.4. The van der Waals surface area contributed by atoms with Crippen molar-refractivity contribution in [2.24, 2.45) is 5.92 Å². The van der Waals surface area contributed by atoms with Gasteiger partial charge >= 0.3 is 7.12 Å². The van der Waals surface area contributed by atoms with Crippen LogP contribution >= 0.6 is 0 Å². The van der Waals surface area contributed by atoms with Crippen molar-refractivity contribution in [2.75, 3.05) is 17.1 Å². The summed E-state index contributed by atoms with van der Waals surface area (Å²) in [6.45, 7) is 8.76. The van der Waals surface area contributed by atoms with Gasteiger partial charge in [-0.2, -0.15) is 0 Å². The zero-order valence-corrected chi connectivity index (χ0v) is 30.5. The molecular weight excluding hydrogens is 670 g/mol. The average molecular weight is 717 g/mol. The number of fused-ring (bicyclic) bond motifs is 1. The van der Waals surface area contributed by atoms with Gasteiger partial charge in [-0.15, -0.1) is 0 Å². The van der Waals surface area contributed by atoms with E-state index in [-0.39, 0.29) is 29.5 Å². The predicted molar refractivity (Wildman–Crippen MR) is 197 cm³/mol. The van der Waals surface area contributed by atoms with Gasteiger partial charge in [0, 0.05) is 29.7 Å². The van der Waals surface area contributed by atoms with E-state index in [1.165, 1.54) is 12.1 Å². The number of ether oxygens (including phenoxy) is 1. The molecule has 270 valence electrons. The van der Waals surface area contributed by atoms with Crippen molar-refractivity contribution in [3.8, 4) is 11.3 Å². The van der Waals surface area contributed by atoms with E-state index in [0.29, 0.717) is 59.5 Å². The Bertz CT molecular complexity index is 1980. The van der Waals surface area contributed by atoms with E-state index in [9.17, 15) is 17.6 Å². The zero-order valence-electron chi connectivity index (χ0n) is 29.7. The zero-order chi connectivity index (χ0) is 36.0. The number of nitrogens with one attached hydrogen (secondary N) is 2. The Labute approximate surface area is 299 Å². The van der Waals surface area contributed by atoms with Gasteiger partial charge in [-0.1, -0.05) is 30.3 Å². The van der Waals surface area contributed by atoms with Crippen molar-refractivity contribution in [1.29, 1.82) is 0 Å². The van der Waals surface area contributed by atoms with Gasteiger partial charge in [-0.25, -0.2) is 12.8 Å². The molecule has 3 aromatic carbocycles. The summed E-state index contributed by atoms with van der Waals surface area (Å²) in [5.41, 5.74) is 2.63. The molecule has 2 N–H and O–H groups in total. The monoisotopic (exact) mass is 716 g/mol. The van der Waals surface area contributed by atoms with E-state index in [0.717, 1.165) is 36.8 Å². The quantitative estimate of drug-likeness (QED) is 0.120. The largest absolute Gasteiger partial charge is 0.458 e. The van der Waals surface area contributed by atoms with Crippen molar-refractivity contribution in [3.63, 3.8) is 0 Å². The van der Waals surface area contributed by atoms with Gasteiger partial charge in [-0.05, 0) is 119 Å². The number of carbonyl (C=O) groups is 1. The molecule has 1 unspecified atom stereocenters. The molecule has 7 rings (SSSR count). The first-order valence-electron chi connectivity index (χ1n) is 17.9. The van der Waals surface area contributed by atoms with Gasteiger partial charge in [0.15, 0.2) is 0 Å². The standard InChI is InChI=1S/C39H46BFN2O7S/c1-38(2)39(3,4)50-40(49-38)22-26(24-47-23-25-8-6-5-7-9-25)18-19-51(45,46)43-33-21-34-32(20-31(33)27-10-11-27)35(37(44)42-30-16-17-30)36(48-34)28-12-14-29(41)15-13-28/h5-9,12-15,20-21,26-27,30,43H,10-11,16-19,22-24H2,1-4H3,(H,42,44). The molecule has 9 nitrogen and oxygen atoms in total. The third-order valence-electron chi connectivity index (χ3n) is 10.5. The summed E-state index contributed by atoms with van der Waals surface area (Å²) >= 11 is 0. The van der Waals surface area contributed by atoms with Crippen LogP contribution in [0.4, 0.5) is 10.1 Å². The second kappa shape index (κ2) is 14.0. The molecule has 1 saturated heterocycles. The Balaban J connectivity index is 1.12. The summed E-state index contributed by atoms with van der Waals surface area (Å²) in [4.78, 5) is 13.6. The topological polar surface area (TPSA) is 116 Å². The van der Waals surface area contributed by atoms with Crippen LogP contribution in [0.5, 0.6) is 0 Å². The van der Waals surface area contributed by atoms with Crippen LogP contribution in [0.2, 0.25) is 6.32 Å². The lowest BCUT2D eigenvalue weighted by atomic mass is 9.76. The Hall–Kier alpha value is -3.71.